The Morgan fingerprint density at radius 1 is 1.00 bits per heavy atom. The highest BCUT2D eigenvalue weighted by molar-refractivity contribution is 6.32. The van der Waals surface area contributed by atoms with Crippen molar-refractivity contribution in [3.05, 3.63) is 81.1 Å². The summed E-state index contributed by atoms with van der Waals surface area (Å²) in [7, 11) is 0. The van der Waals surface area contributed by atoms with Gasteiger partial charge in [-0.05, 0) is 46.8 Å². The van der Waals surface area contributed by atoms with Crippen LogP contribution in [0.25, 0.3) is 17.0 Å². The van der Waals surface area contributed by atoms with E-state index in [2.05, 4.69) is 15.4 Å². The van der Waals surface area contributed by atoms with Crippen molar-refractivity contribution in [3.8, 4) is 17.0 Å². The molecule has 9 heteroatoms. The molecule has 0 N–H and O–H groups in total. The molecular weight excluding hydrogens is 377 g/mol. The number of hydrogen-bond acceptors (Lipinski definition) is 5. The van der Waals surface area contributed by atoms with E-state index in [1.165, 1.54) is 0 Å². The van der Waals surface area contributed by atoms with Crippen LogP contribution in [0.2, 0.25) is 10.0 Å². The maximum atomic E-state index is 12.5. The van der Waals surface area contributed by atoms with Gasteiger partial charge in [0.25, 0.3) is 0 Å². The van der Waals surface area contributed by atoms with Gasteiger partial charge in [-0.1, -0.05) is 35.3 Å². The van der Waals surface area contributed by atoms with Gasteiger partial charge in [0.1, 0.15) is 6.54 Å². The highest BCUT2D eigenvalue weighted by Crippen LogP contribution is 2.22. The summed E-state index contributed by atoms with van der Waals surface area (Å²) in [5.41, 5.74) is 0.851. The molecular formula is C17H11Cl2N5O2. The second-order valence-corrected chi connectivity index (χ2v) is 6.25. The summed E-state index contributed by atoms with van der Waals surface area (Å²) in [4.78, 5) is 16.7. The lowest BCUT2D eigenvalue weighted by Crippen LogP contribution is -2.25. The molecule has 130 valence electrons. The third-order valence-electron chi connectivity index (χ3n) is 3.69. The zero-order chi connectivity index (χ0) is 18.1. The molecule has 2 heterocycles. The first-order valence-electron chi connectivity index (χ1n) is 7.60. The van der Waals surface area contributed by atoms with E-state index in [1.807, 2.05) is 12.1 Å². The molecule has 4 rings (SSSR count). The first-order valence-corrected chi connectivity index (χ1v) is 8.36. The molecule has 0 aliphatic rings. The van der Waals surface area contributed by atoms with Gasteiger partial charge in [0.2, 0.25) is 5.89 Å². The quantitative estimate of drug-likeness (QED) is 0.535. The summed E-state index contributed by atoms with van der Waals surface area (Å²) >= 11 is 12.0. The van der Waals surface area contributed by atoms with Gasteiger partial charge in [0.05, 0.1) is 16.9 Å². The van der Waals surface area contributed by atoms with Crippen LogP contribution in [0.3, 0.4) is 0 Å². The molecule has 0 spiro atoms. The van der Waals surface area contributed by atoms with Crippen molar-refractivity contribution in [2.45, 2.75) is 6.54 Å². The minimum Gasteiger partial charge on any atom is -0.439 e. The van der Waals surface area contributed by atoms with Crippen molar-refractivity contribution in [3.63, 3.8) is 0 Å². The van der Waals surface area contributed by atoms with Gasteiger partial charge in [-0.2, -0.15) is 9.36 Å². The van der Waals surface area contributed by atoms with Gasteiger partial charge in [0, 0.05) is 10.6 Å². The third kappa shape index (κ3) is 3.14. The van der Waals surface area contributed by atoms with Crippen LogP contribution in [0.1, 0.15) is 5.89 Å². The van der Waals surface area contributed by atoms with Crippen molar-refractivity contribution in [1.29, 1.82) is 0 Å². The Labute approximate surface area is 157 Å². The number of nitrogens with zero attached hydrogens (tertiary/aromatic N) is 5. The summed E-state index contributed by atoms with van der Waals surface area (Å²) in [5, 5.41) is 8.77. The number of hydrogen-bond donors (Lipinski definition) is 0. The Morgan fingerprint density at radius 2 is 1.77 bits per heavy atom. The van der Waals surface area contributed by atoms with Crippen LogP contribution < -0.4 is 5.69 Å². The number of rotatable bonds is 4. The van der Waals surface area contributed by atoms with Gasteiger partial charge < -0.3 is 4.42 Å². The Bertz CT molecular complexity index is 1110. The van der Waals surface area contributed by atoms with Crippen molar-refractivity contribution in [2.75, 3.05) is 0 Å². The lowest BCUT2D eigenvalue weighted by Gasteiger charge is -2.00. The molecule has 0 unspecified atom stereocenters. The van der Waals surface area contributed by atoms with E-state index in [4.69, 9.17) is 27.6 Å². The van der Waals surface area contributed by atoms with Gasteiger partial charge in [-0.3, -0.25) is 0 Å². The fourth-order valence-corrected chi connectivity index (χ4v) is 2.75. The van der Waals surface area contributed by atoms with Crippen LogP contribution in [0.4, 0.5) is 0 Å². The van der Waals surface area contributed by atoms with Crippen LogP contribution in [0.5, 0.6) is 0 Å². The van der Waals surface area contributed by atoms with Crippen molar-refractivity contribution >= 4 is 23.2 Å². The molecule has 2 aromatic carbocycles. The van der Waals surface area contributed by atoms with Crippen molar-refractivity contribution < 1.29 is 4.42 Å². The van der Waals surface area contributed by atoms with Crippen molar-refractivity contribution in [2.24, 2.45) is 0 Å². The topological polar surface area (TPSA) is 78.7 Å². The monoisotopic (exact) mass is 387 g/mol. The summed E-state index contributed by atoms with van der Waals surface area (Å²) in [6, 6.07) is 14.1. The largest absolute Gasteiger partial charge is 0.439 e. The molecule has 0 aliphatic carbocycles. The number of tetrazole rings is 1. The smallest absolute Gasteiger partial charge is 0.369 e. The molecule has 0 aliphatic heterocycles. The molecule has 7 nitrogen and oxygen atoms in total. The fraction of sp³-hybridized carbons (Fsp3) is 0.0588. The number of para-hydroxylation sites is 1. The van der Waals surface area contributed by atoms with E-state index in [0.717, 1.165) is 14.9 Å². The Kier molecular flexibility index (Phi) is 4.32. The summed E-state index contributed by atoms with van der Waals surface area (Å²) in [6.07, 6.45) is 1.59. The van der Waals surface area contributed by atoms with E-state index in [1.54, 1.807) is 42.6 Å². The SMILES string of the molecule is O=c1n(Cc2ncc(-c3ccc(Cl)cc3)o2)nnn1-c1ccccc1Cl. The van der Waals surface area contributed by atoms with Crippen LogP contribution >= 0.6 is 23.2 Å². The number of benzene rings is 2. The zero-order valence-electron chi connectivity index (χ0n) is 13.2. The van der Waals surface area contributed by atoms with Gasteiger partial charge >= 0.3 is 5.69 Å². The van der Waals surface area contributed by atoms with E-state index in [9.17, 15) is 4.79 Å². The third-order valence-corrected chi connectivity index (χ3v) is 4.26. The molecule has 2 aromatic heterocycles. The minimum atomic E-state index is -0.440. The minimum absolute atomic E-state index is 0.0525. The first kappa shape index (κ1) is 16.6. The van der Waals surface area contributed by atoms with Gasteiger partial charge in [-0.25, -0.2) is 9.78 Å². The summed E-state index contributed by atoms with van der Waals surface area (Å²) in [5.74, 6) is 0.909. The van der Waals surface area contributed by atoms with E-state index >= 15 is 0 Å². The molecule has 0 atom stereocenters. The second-order valence-electron chi connectivity index (χ2n) is 5.41. The maximum Gasteiger partial charge on any atom is 0.369 e. The molecule has 0 fully saturated rings. The molecule has 0 radical (unpaired) electrons. The predicted molar refractivity (Wildman–Crippen MR) is 96.7 cm³/mol. The van der Waals surface area contributed by atoms with Crippen LogP contribution in [-0.2, 0) is 6.54 Å². The first-order chi connectivity index (χ1) is 12.6. The lowest BCUT2D eigenvalue weighted by atomic mass is 10.2. The van der Waals surface area contributed by atoms with E-state index in [0.29, 0.717) is 27.4 Å². The highest BCUT2D eigenvalue weighted by Gasteiger charge is 2.14. The fourth-order valence-electron chi connectivity index (χ4n) is 2.41. The van der Waals surface area contributed by atoms with Crippen molar-refractivity contribution in [1.82, 2.24) is 24.8 Å². The molecule has 26 heavy (non-hydrogen) atoms. The van der Waals surface area contributed by atoms with Crippen LogP contribution in [0.15, 0.2) is 63.9 Å². The molecule has 4 aromatic rings. The molecule has 0 bridgehead atoms. The summed E-state index contributed by atoms with van der Waals surface area (Å²) < 4.78 is 7.97. The average Bonchev–Trinajstić information content (AvgIpc) is 3.24. The Morgan fingerprint density at radius 3 is 2.54 bits per heavy atom. The van der Waals surface area contributed by atoms with E-state index in [-0.39, 0.29) is 6.54 Å². The normalized spacial score (nSPS) is 11.0. The van der Waals surface area contributed by atoms with Gasteiger partial charge in [-0.15, -0.1) is 0 Å². The zero-order valence-corrected chi connectivity index (χ0v) is 14.7. The Balaban J connectivity index is 1.60. The summed E-state index contributed by atoms with van der Waals surface area (Å²) in [6.45, 7) is 0.0525. The van der Waals surface area contributed by atoms with Crippen LogP contribution in [0, 0.1) is 0 Å². The van der Waals surface area contributed by atoms with E-state index < -0.39 is 5.69 Å². The standard InChI is InChI=1S/C17H11Cl2N5O2/c18-12-7-5-11(6-8-12)15-9-20-16(26-15)10-23-17(25)24(22-21-23)14-4-2-1-3-13(14)19/h1-9H,10H2. The predicted octanol–water partition coefficient (Wildman–Crippen LogP) is 3.44. The maximum absolute atomic E-state index is 12.5. The van der Waals surface area contributed by atoms with Gasteiger partial charge in [0.15, 0.2) is 5.76 Å². The van der Waals surface area contributed by atoms with Crippen LogP contribution in [-0.4, -0.2) is 24.8 Å². The highest BCUT2D eigenvalue weighted by atomic mass is 35.5. The Hall–Kier alpha value is -2.90. The molecule has 0 saturated heterocycles. The molecule has 0 amide bonds. The molecule has 0 saturated carbocycles. The number of halogens is 2. The number of aromatic nitrogens is 5. The average molecular weight is 388 g/mol. The number of oxazole rings is 1. The second kappa shape index (κ2) is 6.78. The lowest BCUT2D eigenvalue weighted by molar-refractivity contribution is 0.464.